The van der Waals surface area contributed by atoms with E-state index in [9.17, 15) is 0 Å². The van der Waals surface area contributed by atoms with Gasteiger partial charge in [0.05, 0.1) is 0 Å². The Morgan fingerprint density at radius 1 is 1.20 bits per heavy atom. The van der Waals surface area contributed by atoms with E-state index in [-0.39, 0.29) is 24.0 Å². The van der Waals surface area contributed by atoms with Crippen LogP contribution in [0.25, 0.3) is 0 Å². The number of hydrogen-bond donors (Lipinski definition) is 2. The molecule has 0 spiro atoms. The molecule has 0 atom stereocenters. The van der Waals surface area contributed by atoms with E-state index in [1.54, 1.807) is 0 Å². The minimum Gasteiger partial charge on any atom is -0.371 e. The summed E-state index contributed by atoms with van der Waals surface area (Å²) in [6, 6.07) is 11.1. The molecule has 0 saturated carbocycles. The van der Waals surface area contributed by atoms with Crippen molar-refractivity contribution < 1.29 is 0 Å². The third kappa shape index (κ3) is 7.33. The van der Waals surface area contributed by atoms with Gasteiger partial charge >= 0.3 is 0 Å². The number of aliphatic imine (C=N–C) groups is 1. The van der Waals surface area contributed by atoms with Gasteiger partial charge in [0.1, 0.15) is 12.4 Å². The maximum Gasteiger partial charge on any atom is 0.191 e. The van der Waals surface area contributed by atoms with Crippen LogP contribution in [0.2, 0.25) is 0 Å². The Morgan fingerprint density at radius 3 is 2.57 bits per heavy atom. The van der Waals surface area contributed by atoms with Crippen molar-refractivity contribution in [3.63, 3.8) is 0 Å². The number of piperidine rings is 1. The summed E-state index contributed by atoms with van der Waals surface area (Å²) >= 11 is 1.87. The molecule has 1 saturated heterocycles. The summed E-state index contributed by atoms with van der Waals surface area (Å²) in [6.45, 7) is 5.53. The Bertz CT molecular complexity index is 773. The SMILES string of the molecule is CSCCCNC(=NCc1nnc(C)n1C)NC1CCN(c2ccccc2)CC1.I. The minimum atomic E-state index is 0. The lowest BCUT2D eigenvalue weighted by Crippen LogP contribution is -2.49. The molecule has 0 radical (unpaired) electrons. The summed E-state index contributed by atoms with van der Waals surface area (Å²) in [5, 5.41) is 15.5. The van der Waals surface area contributed by atoms with Crippen molar-refractivity contribution >= 4 is 47.4 Å². The predicted molar refractivity (Wildman–Crippen MR) is 138 cm³/mol. The van der Waals surface area contributed by atoms with E-state index in [0.717, 1.165) is 62.3 Å². The Hall–Kier alpha value is -1.49. The number of aryl methyl sites for hydroxylation is 1. The summed E-state index contributed by atoms with van der Waals surface area (Å²) in [7, 11) is 1.98. The van der Waals surface area contributed by atoms with Crippen molar-refractivity contribution in [3.8, 4) is 0 Å². The topological polar surface area (TPSA) is 70.4 Å². The zero-order valence-electron chi connectivity index (χ0n) is 18.2. The number of halogens is 1. The van der Waals surface area contributed by atoms with Crippen LogP contribution in [-0.2, 0) is 13.6 Å². The molecule has 2 heterocycles. The van der Waals surface area contributed by atoms with E-state index >= 15 is 0 Å². The number of nitrogens with zero attached hydrogens (tertiary/aromatic N) is 5. The molecule has 0 aliphatic carbocycles. The van der Waals surface area contributed by atoms with Crippen molar-refractivity contribution in [3.05, 3.63) is 42.0 Å². The summed E-state index contributed by atoms with van der Waals surface area (Å²) < 4.78 is 1.99. The van der Waals surface area contributed by atoms with E-state index < -0.39 is 0 Å². The van der Waals surface area contributed by atoms with Crippen LogP contribution < -0.4 is 15.5 Å². The van der Waals surface area contributed by atoms with E-state index in [0.29, 0.717) is 12.6 Å². The fourth-order valence-electron chi connectivity index (χ4n) is 3.43. The van der Waals surface area contributed by atoms with Gasteiger partial charge in [-0.2, -0.15) is 11.8 Å². The quantitative estimate of drug-likeness (QED) is 0.231. The van der Waals surface area contributed by atoms with E-state index in [1.807, 2.05) is 30.3 Å². The van der Waals surface area contributed by atoms with Gasteiger partial charge in [-0.1, -0.05) is 18.2 Å². The zero-order chi connectivity index (χ0) is 20.5. The lowest BCUT2D eigenvalue weighted by molar-refractivity contribution is 0.461. The van der Waals surface area contributed by atoms with Crippen molar-refractivity contribution in [1.29, 1.82) is 0 Å². The highest BCUT2D eigenvalue weighted by atomic mass is 127. The van der Waals surface area contributed by atoms with Gasteiger partial charge in [-0.15, -0.1) is 34.2 Å². The number of aromatic nitrogens is 3. The first kappa shape index (κ1) is 24.8. The molecule has 0 amide bonds. The summed E-state index contributed by atoms with van der Waals surface area (Å²) in [4.78, 5) is 7.25. The van der Waals surface area contributed by atoms with Gasteiger partial charge in [0.25, 0.3) is 0 Å². The number of nitrogens with one attached hydrogen (secondary N) is 2. The molecule has 30 heavy (non-hydrogen) atoms. The number of guanidine groups is 1. The maximum atomic E-state index is 4.79. The Morgan fingerprint density at radius 2 is 1.93 bits per heavy atom. The summed E-state index contributed by atoms with van der Waals surface area (Å²) in [5.74, 6) is 3.82. The van der Waals surface area contributed by atoms with Gasteiger partial charge in [-0.05, 0) is 50.3 Å². The van der Waals surface area contributed by atoms with Crippen LogP contribution in [0.5, 0.6) is 0 Å². The van der Waals surface area contributed by atoms with E-state index in [4.69, 9.17) is 4.99 Å². The number of benzene rings is 1. The highest BCUT2D eigenvalue weighted by Gasteiger charge is 2.20. The van der Waals surface area contributed by atoms with Gasteiger partial charge in [-0.3, -0.25) is 0 Å². The van der Waals surface area contributed by atoms with Crippen LogP contribution in [0.15, 0.2) is 35.3 Å². The van der Waals surface area contributed by atoms with Crippen LogP contribution in [0, 0.1) is 6.92 Å². The summed E-state index contributed by atoms with van der Waals surface area (Å²) in [5.41, 5.74) is 1.31. The first-order valence-electron chi connectivity index (χ1n) is 10.4. The number of thioether (sulfide) groups is 1. The second-order valence-electron chi connectivity index (χ2n) is 7.40. The number of hydrogen-bond acceptors (Lipinski definition) is 5. The zero-order valence-corrected chi connectivity index (χ0v) is 21.3. The smallest absolute Gasteiger partial charge is 0.191 e. The Labute approximate surface area is 201 Å². The number of anilines is 1. The molecular formula is C21H34IN7S. The van der Waals surface area contributed by atoms with Crippen molar-refractivity contribution in [2.24, 2.45) is 12.0 Å². The molecule has 166 valence electrons. The molecule has 0 unspecified atom stereocenters. The van der Waals surface area contributed by atoms with Gasteiger partial charge < -0.3 is 20.1 Å². The first-order chi connectivity index (χ1) is 14.2. The highest BCUT2D eigenvalue weighted by molar-refractivity contribution is 14.0. The van der Waals surface area contributed by atoms with Crippen molar-refractivity contribution in [2.45, 2.75) is 38.8 Å². The fraction of sp³-hybridized carbons (Fsp3) is 0.571. The predicted octanol–water partition coefficient (Wildman–Crippen LogP) is 3.20. The molecule has 1 aromatic carbocycles. The van der Waals surface area contributed by atoms with Gasteiger partial charge in [0.15, 0.2) is 11.8 Å². The van der Waals surface area contributed by atoms with Crippen LogP contribution in [0.4, 0.5) is 5.69 Å². The molecule has 1 aromatic heterocycles. The number of para-hydroxylation sites is 1. The van der Waals surface area contributed by atoms with Crippen LogP contribution in [-0.4, -0.2) is 58.4 Å². The van der Waals surface area contributed by atoms with Crippen LogP contribution in [0.3, 0.4) is 0 Å². The molecule has 1 fully saturated rings. The molecule has 3 rings (SSSR count). The fourth-order valence-corrected chi connectivity index (χ4v) is 3.86. The maximum absolute atomic E-state index is 4.79. The third-order valence-corrected chi connectivity index (χ3v) is 6.03. The number of rotatable bonds is 8. The second-order valence-corrected chi connectivity index (χ2v) is 8.39. The normalized spacial score (nSPS) is 15.0. The standard InChI is InChI=1S/C21H33N7S.HI/c1-17-25-26-20(27(17)2)16-23-21(22-12-7-15-29-3)24-18-10-13-28(14-11-18)19-8-5-4-6-9-19;/h4-6,8-9,18H,7,10-16H2,1-3H3,(H2,22,23,24);1H. The average Bonchev–Trinajstić information content (AvgIpc) is 3.08. The van der Waals surface area contributed by atoms with Crippen molar-refractivity contribution in [2.75, 3.05) is 36.5 Å². The van der Waals surface area contributed by atoms with Crippen LogP contribution >= 0.6 is 35.7 Å². The largest absolute Gasteiger partial charge is 0.371 e. The Kier molecular flexibility index (Phi) is 10.8. The molecule has 2 N–H and O–H groups in total. The average molecular weight is 544 g/mol. The monoisotopic (exact) mass is 543 g/mol. The van der Waals surface area contributed by atoms with Gasteiger partial charge in [0.2, 0.25) is 0 Å². The minimum absolute atomic E-state index is 0. The van der Waals surface area contributed by atoms with Crippen LogP contribution in [0.1, 0.15) is 30.9 Å². The molecule has 7 nitrogen and oxygen atoms in total. The van der Waals surface area contributed by atoms with Gasteiger partial charge in [-0.25, -0.2) is 4.99 Å². The molecule has 1 aliphatic rings. The Balaban J connectivity index is 0.00000320. The summed E-state index contributed by atoms with van der Waals surface area (Å²) in [6.07, 6.45) is 5.47. The lowest BCUT2D eigenvalue weighted by atomic mass is 10.0. The molecular weight excluding hydrogens is 509 g/mol. The third-order valence-electron chi connectivity index (χ3n) is 5.34. The lowest BCUT2D eigenvalue weighted by Gasteiger charge is -2.34. The molecule has 1 aliphatic heterocycles. The molecule has 2 aromatic rings. The second kappa shape index (κ2) is 13.0. The first-order valence-corrected chi connectivity index (χ1v) is 11.8. The molecule has 9 heteroatoms. The van der Waals surface area contributed by atoms with Gasteiger partial charge in [0, 0.05) is 38.4 Å². The van der Waals surface area contributed by atoms with E-state index in [1.165, 1.54) is 5.69 Å². The van der Waals surface area contributed by atoms with Crippen molar-refractivity contribution in [1.82, 2.24) is 25.4 Å². The highest BCUT2D eigenvalue weighted by Crippen LogP contribution is 2.19. The van der Waals surface area contributed by atoms with E-state index in [2.05, 4.69) is 62.3 Å². The molecule has 0 bridgehead atoms.